The van der Waals surface area contributed by atoms with Gasteiger partial charge in [-0.2, -0.15) is 5.10 Å². The maximum absolute atomic E-state index is 13.0. The highest BCUT2D eigenvalue weighted by molar-refractivity contribution is 6.02. The molecule has 6 nitrogen and oxygen atoms in total. The Balaban J connectivity index is 2.02. The van der Waals surface area contributed by atoms with E-state index in [1.54, 1.807) is 17.8 Å². The van der Waals surface area contributed by atoms with Crippen molar-refractivity contribution in [2.75, 3.05) is 6.54 Å². The number of rotatable bonds is 6. The van der Waals surface area contributed by atoms with E-state index in [4.69, 9.17) is 0 Å². The molecule has 0 aliphatic rings. The van der Waals surface area contributed by atoms with Crippen molar-refractivity contribution in [3.8, 4) is 16.9 Å². The van der Waals surface area contributed by atoms with Gasteiger partial charge in [0.05, 0.1) is 11.3 Å². The number of likely N-dealkylation sites (N-methyl/N-ethyl adjacent to an activating group) is 1. The van der Waals surface area contributed by atoms with Crippen LogP contribution in [0.3, 0.4) is 0 Å². The van der Waals surface area contributed by atoms with Gasteiger partial charge in [-0.15, -0.1) is 0 Å². The van der Waals surface area contributed by atoms with Gasteiger partial charge in [0.2, 0.25) is 5.91 Å². The van der Waals surface area contributed by atoms with Crippen molar-refractivity contribution in [2.45, 2.75) is 33.7 Å². The summed E-state index contributed by atoms with van der Waals surface area (Å²) in [5.74, 6) is -0.553. The SMILES string of the molecule is CCNC(=O)[C@H](C)NC(=O)c1cn(-c2ccccc2)nc1-c1ccc(C)c(C)c1. The van der Waals surface area contributed by atoms with Crippen LogP contribution in [0.1, 0.15) is 35.3 Å². The van der Waals surface area contributed by atoms with Crippen LogP contribution < -0.4 is 10.6 Å². The molecule has 1 aromatic heterocycles. The van der Waals surface area contributed by atoms with Crippen LogP contribution in [-0.4, -0.2) is 34.2 Å². The third-order valence-corrected chi connectivity index (χ3v) is 4.85. The van der Waals surface area contributed by atoms with Crippen molar-refractivity contribution in [3.05, 3.63) is 71.4 Å². The van der Waals surface area contributed by atoms with Crippen LogP contribution in [0.4, 0.5) is 0 Å². The number of nitrogens with zero attached hydrogens (tertiary/aromatic N) is 2. The van der Waals surface area contributed by atoms with Crippen molar-refractivity contribution in [1.29, 1.82) is 0 Å². The second kappa shape index (κ2) is 8.73. The second-order valence-electron chi connectivity index (χ2n) is 7.06. The van der Waals surface area contributed by atoms with Gasteiger partial charge in [-0.25, -0.2) is 4.68 Å². The third kappa shape index (κ3) is 4.54. The monoisotopic (exact) mass is 390 g/mol. The Labute approximate surface area is 170 Å². The molecular formula is C23H26N4O2. The molecule has 0 aliphatic heterocycles. The van der Waals surface area contributed by atoms with Gasteiger partial charge in [0, 0.05) is 18.3 Å². The minimum absolute atomic E-state index is 0.218. The van der Waals surface area contributed by atoms with E-state index in [1.165, 1.54) is 5.56 Å². The lowest BCUT2D eigenvalue weighted by atomic mass is 10.0. The fraction of sp³-hybridized carbons (Fsp3) is 0.261. The number of aryl methyl sites for hydroxylation is 2. The standard InChI is InChI=1S/C23H26N4O2/c1-5-24-22(28)17(4)25-23(29)20-14-27(19-9-7-6-8-10-19)26-21(20)18-12-11-15(2)16(3)13-18/h6-14,17H,5H2,1-4H3,(H,24,28)(H,25,29)/t17-/m0/s1. The van der Waals surface area contributed by atoms with E-state index in [0.29, 0.717) is 17.8 Å². The zero-order valence-electron chi connectivity index (χ0n) is 17.2. The van der Waals surface area contributed by atoms with Crippen molar-refractivity contribution < 1.29 is 9.59 Å². The largest absolute Gasteiger partial charge is 0.355 e. The number of benzene rings is 2. The molecule has 2 amide bonds. The number of nitrogens with one attached hydrogen (secondary N) is 2. The molecule has 2 aromatic carbocycles. The maximum atomic E-state index is 13.0. The molecule has 3 rings (SSSR count). The summed E-state index contributed by atoms with van der Waals surface area (Å²) in [6, 6.07) is 15.0. The lowest BCUT2D eigenvalue weighted by Gasteiger charge is -2.13. The second-order valence-corrected chi connectivity index (χ2v) is 7.06. The average Bonchev–Trinajstić information content (AvgIpc) is 3.16. The summed E-state index contributed by atoms with van der Waals surface area (Å²) in [7, 11) is 0. The summed E-state index contributed by atoms with van der Waals surface area (Å²) < 4.78 is 1.69. The van der Waals surface area contributed by atoms with E-state index in [2.05, 4.69) is 15.7 Å². The third-order valence-electron chi connectivity index (χ3n) is 4.85. The quantitative estimate of drug-likeness (QED) is 0.677. The van der Waals surface area contributed by atoms with Gasteiger partial charge in [0.25, 0.3) is 5.91 Å². The van der Waals surface area contributed by atoms with Gasteiger partial charge in [0.1, 0.15) is 11.7 Å². The van der Waals surface area contributed by atoms with Crippen LogP contribution in [0.5, 0.6) is 0 Å². The number of hydrogen-bond acceptors (Lipinski definition) is 3. The maximum Gasteiger partial charge on any atom is 0.255 e. The Morgan fingerprint density at radius 2 is 1.79 bits per heavy atom. The van der Waals surface area contributed by atoms with E-state index < -0.39 is 6.04 Å². The molecule has 0 aliphatic carbocycles. The van der Waals surface area contributed by atoms with Crippen LogP contribution in [-0.2, 0) is 4.79 Å². The molecule has 2 N–H and O–H groups in total. The fourth-order valence-electron chi connectivity index (χ4n) is 3.02. The van der Waals surface area contributed by atoms with E-state index in [1.807, 2.05) is 69.3 Å². The number of para-hydroxylation sites is 1. The van der Waals surface area contributed by atoms with Crippen molar-refractivity contribution >= 4 is 11.8 Å². The highest BCUT2D eigenvalue weighted by Crippen LogP contribution is 2.26. The molecular weight excluding hydrogens is 364 g/mol. The Kier molecular flexibility index (Phi) is 6.12. The Hall–Kier alpha value is -3.41. The van der Waals surface area contributed by atoms with Crippen LogP contribution in [0.25, 0.3) is 16.9 Å². The van der Waals surface area contributed by atoms with E-state index in [-0.39, 0.29) is 11.8 Å². The lowest BCUT2D eigenvalue weighted by Crippen LogP contribution is -2.44. The van der Waals surface area contributed by atoms with Crippen LogP contribution >= 0.6 is 0 Å². The van der Waals surface area contributed by atoms with Gasteiger partial charge in [0.15, 0.2) is 0 Å². The first-order valence-electron chi connectivity index (χ1n) is 9.72. The molecule has 0 fully saturated rings. The highest BCUT2D eigenvalue weighted by Gasteiger charge is 2.22. The van der Waals surface area contributed by atoms with Crippen LogP contribution in [0.15, 0.2) is 54.7 Å². The first-order chi connectivity index (χ1) is 13.9. The molecule has 29 heavy (non-hydrogen) atoms. The zero-order chi connectivity index (χ0) is 21.0. The first-order valence-corrected chi connectivity index (χ1v) is 9.72. The molecule has 6 heteroatoms. The number of carbonyl (C=O) groups is 2. The van der Waals surface area contributed by atoms with Crippen LogP contribution in [0.2, 0.25) is 0 Å². The minimum atomic E-state index is -0.643. The van der Waals surface area contributed by atoms with Gasteiger partial charge in [-0.1, -0.05) is 30.3 Å². The number of hydrogen-bond donors (Lipinski definition) is 2. The minimum Gasteiger partial charge on any atom is -0.355 e. The van der Waals surface area contributed by atoms with Gasteiger partial charge in [-0.05, 0) is 57.0 Å². The summed E-state index contributed by atoms with van der Waals surface area (Å²) in [6.45, 7) is 8.10. The van der Waals surface area contributed by atoms with Crippen molar-refractivity contribution in [1.82, 2.24) is 20.4 Å². The molecule has 1 atom stereocenters. The van der Waals surface area contributed by atoms with Crippen LogP contribution in [0, 0.1) is 13.8 Å². The summed E-state index contributed by atoms with van der Waals surface area (Å²) in [5, 5.41) is 10.2. The molecule has 0 saturated carbocycles. The predicted molar refractivity (Wildman–Crippen MR) is 114 cm³/mol. The molecule has 3 aromatic rings. The number of aromatic nitrogens is 2. The summed E-state index contributed by atoms with van der Waals surface area (Å²) in [6.07, 6.45) is 1.71. The highest BCUT2D eigenvalue weighted by atomic mass is 16.2. The normalized spacial score (nSPS) is 11.7. The lowest BCUT2D eigenvalue weighted by molar-refractivity contribution is -0.122. The molecule has 150 valence electrons. The Morgan fingerprint density at radius 1 is 1.07 bits per heavy atom. The molecule has 1 heterocycles. The molecule has 0 saturated heterocycles. The molecule has 0 bridgehead atoms. The molecule has 0 radical (unpaired) electrons. The van der Waals surface area contributed by atoms with Crippen molar-refractivity contribution in [2.24, 2.45) is 0 Å². The molecule has 0 unspecified atom stereocenters. The average molecular weight is 390 g/mol. The Bertz CT molecular complexity index is 1020. The smallest absolute Gasteiger partial charge is 0.255 e. The Morgan fingerprint density at radius 3 is 2.45 bits per heavy atom. The number of amides is 2. The van der Waals surface area contributed by atoms with E-state index in [0.717, 1.165) is 16.8 Å². The van der Waals surface area contributed by atoms with E-state index in [9.17, 15) is 9.59 Å². The molecule has 0 spiro atoms. The van der Waals surface area contributed by atoms with Gasteiger partial charge in [-0.3, -0.25) is 9.59 Å². The zero-order valence-corrected chi connectivity index (χ0v) is 17.2. The van der Waals surface area contributed by atoms with E-state index >= 15 is 0 Å². The first kappa shape index (κ1) is 20.3. The fourth-order valence-corrected chi connectivity index (χ4v) is 3.02. The van der Waals surface area contributed by atoms with Crippen molar-refractivity contribution in [3.63, 3.8) is 0 Å². The topological polar surface area (TPSA) is 76.0 Å². The van der Waals surface area contributed by atoms with Gasteiger partial charge < -0.3 is 10.6 Å². The summed E-state index contributed by atoms with van der Waals surface area (Å²) in [5.41, 5.74) is 5.02. The predicted octanol–water partition coefficient (Wildman–Crippen LogP) is 3.41. The summed E-state index contributed by atoms with van der Waals surface area (Å²) >= 11 is 0. The van der Waals surface area contributed by atoms with Gasteiger partial charge >= 0.3 is 0 Å². The number of carbonyl (C=O) groups excluding carboxylic acids is 2. The summed E-state index contributed by atoms with van der Waals surface area (Å²) in [4.78, 5) is 25.0.